The number of carbonyl (C=O) groups excluding carboxylic acids is 2. The minimum atomic E-state index is -1.80. The van der Waals surface area contributed by atoms with Crippen LogP contribution >= 0.6 is 0 Å². The quantitative estimate of drug-likeness (QED) is 0.551. The van der Waals surface area contributed by atoms with Crippen LogP contribution in [0.2, 0.25) is 0 Å². The van der Waals surface area contributed by atoms with Gasteiger partial charge in [-0.3, -0.25) is 9.59 Å². The number of amides is 2. The average molecular weight is 497 g/mol. The Labute approximate surface area is 212 Å². The molecule has 8 nitrogen and oxygen atoms in total. The number of carbonyl (C=O) groups is 2. The molecule has 2 amide bonds. The van der Waals surface area contributed by atoms with E-state index in [0.717, 1.165) is 0 Å². The fraction of sp³-hybridized carbons (Fsp3) is 0.500. The van der Waals surface area contributed by atoms with Crippen LogP contribution < -0.4 is 0 Å². The standard InChI is InChI=1S/C28H36N2O6/c31-25(29-15-19-35-20-16-29)11-13-27(33,23-7-3-1-4-8-23)28(34,24-9-5-2-6-10-24)14-12-26(32)30-17-21-36-22-18-30/h1-10,33-34H,11-22H2/t27-,28-/m0/s1. The van der Waals surface area contributed by atoms with Gasteiger partial charge < -0.3 is 29.5 Å². The lowest BCUT2D eigenvalue weighted by Crippen LogP contribution is -2.51. The maximum absolute atomic E-state index is 13.0. The highest BCUT2D eigenvalue weighted by molar-refractivity contribution is 5.77. The number of ether oxygens (including phenoxy) is 2. The van der Waals surface area contributed by atoms with Crippen molar-refractivity contribution in [3.8, 4) is 0 Å². The monoisotopic (exact) mass is 496 g/mol. The predicted molar refractivity (Wildman–Crippen MR) is 134 cm³/mol. The smallest absolute Gasteiger partial charge is 0.222 e. The minimum absolute atomic E-state index is 0.00431. The summed E-state index contributed by atoms with van der Waals surface area (Å²) in [5.74, 6) is -0.181. The van der Waals surface area contributed by atoms with Crippen LogP contribution in [0.25, 0.3) is 0 Å². The van der Waals surface area contributed by atoms with E-state index in [4.69, 9.17) is 9.47 Å². The number of morpholine rings is 2. The summed E-state index contributed by atoms with van der Waals surface area (Å²) in [4.78, 5) is 29.5. The molecular weight excluding hydrogens is 460 g/mol. The molecule has 2 aliphatic rings. The third-order valence-electron chi connectivity index (χ3n) is 7.32. The zero-order valence-electron chi connectivity index (χ0n) is 20.7. The summed E-state index contributed by atoms with van der Waals surface area (Å²) in [5, 5.41) is 24.7. The van der Waals surface area contributed by atoms with Crippen molar-refractivity contribution in [3.63, 3.8) is 0 Å². The Hall–Kier alpha value is -2.78. The fourth-order valence-corrected chi connectivity index (χ4v) is 5.12. The van der Waals surface area contributed by atoms with E-state index in [1.165, 1.54) is 0 Å². The summed E-state index contributed by atoms with van der Waals surface area (Å²) in [6, 6.07) is 17.9. The Morgan fingerprint density at radius 1 is 0.639 bits per heavy atom. The van der Waals surface area contributed by atoms with Gasteiger partial charge in [0.05, 0.1) is 26.4 Å². The first-order valence-electron chi connectivity index (χ1n) is 12.7. The number of rotatable bonds is 9. The van der Waals surface area contributed by atoms with Crippen molar-refractivity contribution in [2.24, 2.45) is 0 Å². The van der Waals surface area contributed by atoms with Gasteiger partial charge in [0.2, 0.25) is 11.8 Å². The summed E-state index contributed by atoms with van der Waals surface area (Å²) < 4.78 is 10.7. The second-order valence-electron chi connectivity index (χ2n) is 9.44. The molecule has 0 saturated carbocycles. The first-order chi connectivity index (χ1) is 17.4. The third-order valence-corrected chi connectivity index (χ3v) is 7.32. The fourth-order valence-electron chi connectivity index (χ4n) is 5.12. The van der Waals surface area contributed by atoms with Gasteiger partial charge in [0.1, 0.15) is 11.2 Å². The van der Waals surface area contributed by atoms with Gasteiger partial charge in [0.25, 0.3) is 0 Å². The highest BCUT2D eigenvalue weighted by Crippen LogP contribution is 2.47. The SMILES string of the molecule is O=C(CC[C@](O)(c1ccccc1)[C@](O)(CCC(=O)N1CCOCC1)c1ccccc1)N1CCOCC1. The molecule has 2 N–H and O–H groups in total. The molecule has 2 atom stereocenters. The molecule has 4 rings (SSSR count). The topological polar surface area (TPSA) is 99.5 Å². The average Bonchev–Trinajstić information content (AvgIpc) is 2.96. The molecule has 2 saturated heterocycles. The molecule has 36 heavy (non-hydrogen) atoms. The molecule has 2 aliphatic heterocycles. The van der Waals surface area contributed by atoms with Crippen molar-refractivity contribution in [2.75, 3.05) is 52.6 Å². The molecule has 2 aromatic rings. The number of benzene rings is 2. The Balaban J connectivity index is 1.64. The van der Waals surface area contributed by atoms with Crippen LogP contribution in [-0.2, 0) is 30.3 Å². The predicted octanol–water partition coefficient (Wildman–Crippen LogP) is 2.04. The maximum Gasteiger partial charge on any atom is 0.222 e. The first kappa shape index (κ1) is 26.3. The second kappa shape index (κ2) is 12.0. The molecule has 0 bridgehead atoms. The summed E-state index contributed by atoms with van der Waals surface area (Å²) >= 11 is 0. The van der Waals surface area contributed by atoms with Gasteiger partial charge in [-0.15, -0.1) is 0 Å². The number of aliphatic hydroxyl groups is 2. The first-order valence-corrected chi connectivity index (χ1v) is 12.7. The molecule has 2 fully saturated rings. The van der Waals surface area contributed by atoms with Crippen molar-refractivity contribution in [1.29, 1.82) is 0 Å². The summed E-state index contributed by atoms with van der Waals surface area (Å²) in [6.45, 7) is 4.02. The molecule has 0 aliphatic carbocycles. The Morgan fingerprint density at radius 2 is 0.972 bits per heavy atom. The molecule has 0 unspecified atom stereocenters. The molecule has 194 valence electrons. The Bertz CT molecular complexity index is 910. The van der Waals surface area contributed by atoms with Crippen molar-refractivity contribution < 1.29 is 29.3 Å². The zero-order valence-corrected chi connectivity index (χ0v) is 20.7. The summed E-state index contributed by atoms with van der Waals surface area (Å²) in [6.07, 6.45) is 0.116. The highest BCUT2D eigenvalue weighted by atomic mass is 16.5. The van der Waals surface area contributed by atoms with E-state index in [1.54, 1.807) is 58.3 Å². The largest absolute Gasteiger partial charge is 0.382 e. The third kappa shape index (κ3) is 5.78. The lowest BCUT2D eigenvalue weighted by atomic mass is 9.68. The molecule has 0 radical (unpaired) electrons. The van der Waals surface area contributed by atoms with Gasteiger partial charge in [0.15, 0.2) is 0 Å². The van der Waals surface area contributed by atoms with Gasteiger partial charge in [0, 0.05) is 39.0 Å². The summed E-state index contributed by atoms with van der Waals surface area (Å²) in [5.41, 5.74) is -2.60. The van der Waals surface area contributed by atoms with E-state index < -0.39 is 11.2 Å². The van der Waals surface area contributed by atoms with Crippen LogP contribution in [0.5, 0.6) is 0 Å². The second-order valence-corrected chi connectivity index (χ2v) is 9.44. The van der Waals surface area contributed by atoms with Crippen LogP contribution in [0, 0.1) is 0 Å². The van der Waals surface area contributed by atoms with Gasteiger partial charge in [-0.25, -0.2) is 0 Å². The van der Waals surface area contributed by atoms with E-state index in [2.05, 4.69) is 0 Å². The van der Waals surface area contributed by atoms with E-state index in [9.17, 15) is 19.8 Å². The zero-order chi connectivity index (χ0) is 25.4. The molecule has 8 heteroatoms. The van der Waals surface area contributed by atoms with Crippen molar-refractivity contribution in [3.05, 3.63) is 71.8 Å². The van der Waals surface area contributed by atoms with E-state index >= 15 is 0 Å². The van der Waals surface area contributed by atoms with Gasteiger partial charge >= 0.3 is 0 Å². The van der Waals surface area contributed by atoms with Crippen molar-refractivity contribution in [1.82, 2.24) is 9.80 Å². The lowest BCUT2D eigenvalue weighted by Gasteiger charge is -2.45. The number of hydrogen-bond donors (Lipinski definition) is 2. The van der Waals surface area contributed by atoms with Gasteiger partial charge in [-0.2, -0.15) is 0 Å². The van der Waals surface area contributed by atoms with Crippen molar-refractivity contribution >= 4 is 11.8 Å². The van der Waals surface area contributed by atoms with Crippen molar-refractivity contribution in [2.45, 2.75) is 36.9 Å². The van der Waals surface area contributed by atoms with E-state index in [-0.39, 0.29) is 37.5 Å². The minimum Gasteiger partial charge on any atom is -0.382 e. The normalized spacial score (nSPS) is 19.8. The van der Waals surface area contributed by atoms with Gasteiger partial charge in [-0.1, -0.05) is 60.7 Å². The molecule has 0 aromatic heterocycles. The molecular formula is C28H36N2O6. The molecule has 0 spiro atoms. The lowest BCUT2D eigenvalue weighted by molar-refractivity contribution is -0.180. The van der Waals surface area contributed by atoms with E-state index in [0.29, 0.717) is 63.7 Å². The molecule has 2 heterocycles. The van der Waals surface area contributed by atoms with Crippen LogP contribution in [0.1, 0.15) is 36.8 Å². The highest BCUT2D eigenvalue weighted by Gasteiger charge is 2.51. The van der Waals surface area contributed by atoms with Crippen LogP contribution in [0.3, 0.4) is 0 Å². The Morgan fingerprint density at radius 3 is 1.31 bits per heavy atom. The Kier molecular flexibility index (Phi) is 8.74. The molecule has 2 aromatic carbocycles. The maximum atomic E-state index is 13.0. The van der Waals surface area contributed by atoms with Gasteiger partial charge in [-0.05, 0) is 24.0 Å². The van der Waals surface area contributed by atoms with Crippen LogP contribution in [-0.4, -0.2) is 84.4 Å². The van der Waals surface area contributed by atoms with Crippen LogP contribution in [0.15, 0.2) is 60.7 Å². The van der Waals surface area contributed by atoms with Crippen LogP contribution in [0.4, 0.5) is 0 Å². The van der Waals surface area contributed by atoms with E-state index in [1.807, 2.05) is 12.1 Å². The summed E-state index contributed by atoms with van der Waals surface area (Å²) in [7, 11) is 0. The number of hydrogen-bond acceptors (Lipinski definition) is 6. The number of nitrogens with zero attached hydrogens (tertiary/aromatic N) is 2.